The summed E-state index contributed by atoms with van der Waals surface area (Å²) >= 11 is 0. The molecule has 0 saturated heterocycles. The van der Waals surface area contributed by atoms with Crippen molar-refractivity contribution < 1.29 is 4.79 Å². The van der Waals surface area contributed by atoms with E-state index in [1.807, 2.05) is 18.2 Å². The lowest BCUT2D eigenvalue weighted by Crippen LogP contribution is -2.41. The topological polar surface area (TPSA) is 20.3 Å². The molecule has 1 aromatic carbocycles. The quantitative estimate of drug-likeness (QED) is 0.387. The maximum Gasteiger partial charge on any atom is 0.231 e. The number of carbonyl (C=O) groups is 1. The van der Waals surface area contributed by atoms with E-state index in [4.69, 9.17) is 0 Å². The van der Waals surface area contributed by atoms with Gasteiger partial charge in [-0.05, 0) is 37.8 Å². The van der Waals surface area contributed by atoms with Crippen LogP contribution in [-0.2, 0) is 4.79 Å². The van der Waals surface area contributed by atoms with E-state index in [9.17, 15) is 4.79 Å². The highest BCUT2D eigenvalue weighted by molar-refractivity contribution is 5.94. The number of hydrogen-bond donors (Lipinski definition) is 0. The van der Waals surface area contributed by atoms with Gasteiger partial charge in [0.25, 0.3) is 0 Å². The van der Waals surface area contributed by atoms with Gasteiger partial charge in [-0.1, -0.05) is 75.8 Å². The molecular weight excluding hydrogens is 294 g/mol. The van der Waals surface area contributed by atoms with E-state index < -0.39 is 0 Å². The molecule has 0 radical (unpaired) electrons. The van der Waals surface area contributed by atoms with Crippen molar-refractivity contribution in [3.63, 3.8) is 0 Å². The highest BCUT2D eigenvalue weighted by Gasteiger charge is 2.25. The average molecular weight is 328 g/mol. The minimum atomic E-state index is 0.248. The maximum absolute atomic E-state index is 12.9. The standard InChI is InChI=1S/C22H33NO/c1-2-3-4-5-6-7-14-19-22(24)23(20-15-10-8-11-16-20)21-17-12-9-13-18-21/h7-8,10-11,14-16,21H,2-6,9,12-13,17-19H2,1H3/b14-7+. The fourth-order valence-electron chi connectivity index (χ4n) is 3.58. The molecular formula is C22H33NO. The molecule has 0 bridgehead atoms. The summed E-state index contributed by atoms with van der Waals surface area (Å²) in [5.41, 5.74) is 1.06. The smallest absolute Gasteiger partial charge is 0.231 e. The van der Waals surface area contributed by atoms with Crippen LogP contribution in [0.25, 0.3) is 0 Å². The van der Waals surface area contributed by atoms with Crippen LogP contribution in [0.5, 0.6) is 0 Å². The average Bonchev–Trinajstić information content (AvgIpc) is 2.63. The van der Waals surface area contributed by atoms with Crippen LogP contribution in [0.4, 0.5) is 5.69 Å². The Morgan fingerprint density at radius 3 is 2.50 bits per heavy atom. The highest BCUT2D eigenvalue weighted by atomic mass is 16.2. The summed E-state index contributed by atoms with van der Waals surface area (Å²) in [5.74, 6) is 0.248. The predicted molar refractivity (Wildman–Crippen MR) is 103 cm³/mol. The van der Waals surface area contributed by atoms with Crippen LogP contribution in [-0.4, -0.2) is 11.9 Å². The summed E-state index contributed by atoms with van der Waals surface area (Å²) in [6.07, 6.45) is 17.1. The molecule has 0 atom stereocenters. The fraction of sp³-hybridized carbons (Fsp3) is 0.591. The van der Waals surface area contributed by atoms with E-state index in [1.165, 1.54) is 44.9 Å². The number of unbranched alkanes of at least 4 members (excludes halogenated alkanes) is 4. The molecule has 0 aromatic heterocycles. The number of allylic oxidation sites excluding steroid dienone is 1. The van der Waals surface area contributed by atoms with Gasteiger partial charge in [0, 0.05) is 18.2 Å². The molecule has 1 fully saturated rings. The molecule has 1 aliphatic rings. The van der Waals surface area contributed by atoms with Crippen LogP contribution >= 0.6 is 0 Å². The van der Waals surface area contributed by atoms with Gasteiger partial charge in [0.05, 0.1) is 0 Å². The number of nitrogens with zero attached hydrogens (tertiary/aromatic N) is 1. The summed E-state index contributed by atoms with van der Waals surface area (Å²) < 4.78 is 0. The van der Waals surface area contributed by atoms with E-state index in [0.29, 0.717) is 12.5 Å². The van der Waals surface area contributed by atoms with Crippen molar-refractivity contribution in [3.05, 3.63) is 42.5 Å². The summed E-state index contributed by atoms with van der Waals surface area (Å²) in [5, 5.41) is 0. The van der Waals surface area contributed by atoms with Gasteiger partial charge in [-0.15, -0.1) is 0 Å². The van der Waals surface area contributed by atoms with Crippen LogP contribution in [0.3, 0.4) is 0 Å². The van der Waals surface area contributed by atoms with Crippen LogP contribution < -0.4 is 4.90 Å². The number of carbonyl (C=O) groups excluding carboxylic acids is 1. The van der Waals surface area contributed by atoms with Gasteiger partial charge in [0.2, 0.25) is 5.91 Å². The van der Waals surface area contributed by atoms with Crippen LogP contribution in [0, 0.1) is 0 Å². The van der Waals surface area contributed by atoms with E-state index >= 15 is 0 Å². The molecule has 2 heteroatoms. The Labute approximate surface area is 147 Å². The number of hydrogen-bond acceptors (Lipinski definition) is 1. The largest absolute Gasteiger partial charge is 0.309 e. The van der Waals surface area contributed by atoms with Crippen molar-refractivity contribution in [2.75, 3.05) is 4.90 Å². The second-order valence-electron chi connectivity index (χ2n) is 6.92. The monoisotopic (exact) mass is 327 g/mol. The summed E-state index contributed by atoms with van der Waals surface area (Å²) in [4.78, 5) is 14.9. The van der Waals surface area contributed by atoms with Crippen LogP contribution in [0.15, 0.2) is 42.5 Å². The Bertz CT molecular complexity index is 488. The summed E-state index contributed by atoms with van der Waals surface area (Å²) in [6, 6.07) is 10.6. The van der Waals surface area contributed by atoms with E-state index in [1.54, 1.807) is 0 Å². The third kappa shape index (κ3) is 6.14. The molecule has 2 rings (SSSR count). The summed E-state index contributed by atoms with van der Waals surface area (Å²) in [7, 11) is 0. The number of amides is 1. The van der Waals surface area contributed by atoms with Crippen molar-refractivity contribution in [2.24, 2.45) is 0 Å². The molecule has 1 aromatic rings. The van der Waals surface area contributed by atoms with E-state index in [-0.39, 0.29) is 5.91 Å². The molecule has 0 unspecified atom stereocenters. The van der Waals surface area contributed by atoms with Gasteiger partial charge in [-0.3, -0.25) is 4.79 Å². The minimum absolute atomic E-state index is 0.248. The first-order valence-electron chi connectivity index (χ1n) is 9.85. The van der Waals surface area contributed by atoms with E-state index in [2.05, 4.69) is 36.1 Å². The van der Waals surface area contributed by atoms with Crippen LogP contribution in [0.1, 0.15) is 77.6 Å². The Balaban J connectivity index is 1.91. The summed E-state index contributed by atoms with van der Waals surface area (Å²) in [6.45, 7) is 2.23. The van der Waals surface area contributed by atoms with Gasteiger partial charge in [0.1, 0.15) is 0 Å². The molecule has 0 heterocycles. The first kappa shape index (κ1) is 18.8. The van der Waals surface area contributed by atoms with Gasteiger partial charge in [-0.2, -0.15) is 0 Å². The Morgan fingerprint density at radius 1 is 1.04 bits per heavy atom. The van der Waals surface area contributed by atoms with Crippen molar-refractivity contribution in [1.82, 2.24) is 0 Å². The predicted octanol–water partition coefficient (Wildman–Crippen LogP) is 6.27. The normalized spacial score (nSPS) is 15.7. The van der Waals surface area contributed by atoms with Gasteiger partial charge in [-0.25, -0.2) is 0 Å². The van der Waals surface area contributed by atoms with Crippen molar-refractivity contribution in [1.29, 1.82) is 0 Å². The van der Waals surface area contributed by atoms with Crippen molar-refractivity contribution >= 4 is 11.6 Å². The second-order valence-corrected chi connectivity index (χ2v) is 6.92. The van der Waals surface area contributed by atoms with E-state index in [0.717, 1.165) is 24.9 Å². The molecule has 1 aliphatic carbocycles. The molecule has 1 saturated carbocycles. The molecule has 1 amide bonds. The first-order chi connectivity index (χ1) is 11.8. The molecule has 24 heavy (non-hydrogen) atoms. The van der Waals surface area contributed by atoms with Crippen LogP contribution in [0.2, 0.25) is 0 Å². The SMILES string of the molecule is CCCCCC/C=C/CC(=O)N(c1ccccc1)C1CCCCC1. The lowest BCUT2D eigenvalue weighted by Gasteiger charge is -2.34. The molecule has 132 valence electrons. The molecule has 0 aliphatic heterocycles. The number of benzene rings is 1. The number of rotatable bonds is 9. The molecule has 0 spiro atoms. The zero-order valence-electron chi connectivity index (χ0n) is 15.3. The second kappa shape index (κ2) is 11.1. The lowest BCUT2D eigenvalue weighted by atomic mass is 9.93. The number of para-hydroxylation sites is 1. The fourth-order valence-corrected chi connectivity index (χ4v) is 3.58. The van der Waals surface area contributed by atoms with Gasteiger partial charge < -0.3 is 4.90 Å². The maximum atomic E-state index is 12.9. The van der Waals surface area contributed by atoms with Gasteiger partial charge >= 0.3 is 0 Å². The zero-order valence-corrected chi connectivity index (χ0v) is 15.3. The molecule has 0 N–H and O–H groups in total. The Kier molecular flexibility index (Phi) is 8.65. The zero-order chi connectivity index (χ0) is 17.0. The third-order valence-corrected chi connectivity index (χ3v) is 4.93. The van der Waals surface area contributed by atoms with Crippen molar-refractivity contribution in [3.8, 4) is 0 Å². The van der Waals surface area contributed by atoms with Crippen molar-refractivity contribution in [2.45, 2.75) is 83.6 Å². The molecule has 2 nitrogen and oxygen atoms in total. The third-order valence-electron chi connectivity index (χ3n) is 4.93. The highest BCUT2D eigenvalue weighted by Crippen LogP contribution is 2.28. The lowest BCUT2D eigenvalue weighted by molar-refractivity contribution is -0.118. The Morgan fingerprint density at radius 2 is 1.79 bits per heavy atom. The Hall–Kier alpha value is -1.57. The number of anilines is 1. The first-order valence-corrected chi connectivity index (χ1v) is 9.85. The minimum Gasteiger partial charge on any atom is -0.309 e. The van der Waals surface area contributed by atoms with Gasteiger partial charge in [0.15, 0.2) is 0 Å².